The van der Waals surface area contributed by atoms with Crippen molar-refractivity contribution in [3.8, 4) is 0 Å². The number of rotatable bonds is 2. The maximum Gasteiger partial charge on any atom is 0.238 e. The van der Waals surface area contributed by atoms with E-state index in [9.17, 15) is 8.42 Å². The molecule has 0 saturated carbocycles. The van der Waals surface area contributed by atoms with Crippen molar-refractivity contribution in [2.45, 2.75) is 11.5 Å². The van der Waals surface area contributed by atoms with Crippen molar-refractivity contribution >= 4 is 21.6 Å². The molecule has 0 aliphatic carbocycles. The SMILES string of the molecule is NS(=O)(=O)c1ccc(CO)c(Cl)c1. The Hall–Kier alpha value is -0.620. The minimum atomic E-state index is -3.72. The monoisotopic (exact) mass is 221 g/mol. The molecule has 6 heteroatoms. The third-order valence-electron chi connectivity index (χ3n) is 1.52. The van der Waals surface area contributed by atoms with Gasteiger partial charge in [-0.05, 0) is 17.7 Å². The fourth-order valence-electron chi connectivity index (χ4n) is 0.833. The van der Waals surface area contributed by atoms with Crippen LogP contribution >= 0.6 is 11.6 Å². The van der Waals surface area contributed by atoms with Gasteiger partial charge in [-0.2, -0.15) is 0 Å². The molecule has 1 aromatic carbocycles. The Kier molecular flexibility index (Phi) is 2.92. The van der Waals surface area contributed by atoms with E-state index in [-0.39, 0.29) is 16.5 Å². The lowest BCUT2D eigenvalue weighted by Crippen LogP contribution is -2.12. The summed E-state index contributed by atoms with van der Waals surface area (Å²) >= 11 is 5.66. The van der Waals surface area contributed by atoms with Crippen LogP contribution in [0.5, 0.6) is 0 Å². The summed E-state index contributed by atoms with van der Waals surface area (Å²) in [6.45, 7) is -0.232. The van der Waals surface area contributed by atoms with Crippen molar-refractivity contribution in [1.82, 2.24) is 0 Å². The molecule has 0 unspecified atom stereocenters. The lowest BCUT2D eigenvalue weighted by atomic mass is 10.2. The third-order valence-corrected chi connectivity index (χ3v) is 2.79. The van der Waals surface area contributed by atoms with Gasteiger partial charge in [-0.15, -0.1) is 0 Å². The van der Waals surface area contributed by atoms with Crippen LogP contribution in [0.15, 0.2) is 23.1 Å². The van der Waals surface area contributed by atoms with Gasteiger partial charge in [0.05, 0.1) is 11.5 Å². The lowest BCUT2D eigenvalue weighted by Gasteiger charge is -2.02. The Morgan fingerprint density at radius 2 is 2.08 bits per heavy atom. The van der Waals surface area contributed by atoms with Crippen LogP contribution in [0.2, 0.25) is 5.02 Å². The minimum absolute atomic E-state index is 0.0605. The van der Waals surface area contributed by atoms with Gasteiger partial charge in [0.2, 0.25) is 10.0 Å². The average molecular weight is 222 g/mol. The van der Waals surface area contributed by atoms with Crippen molar-refractivity contribution in [3.63, 3.8) is 0 Å². The molecule has 0 fully saturated rings. The largest absolute Gasteiger partial charge is 0.392 e. The molecule has 1 rings (SSSR count). The van der Waals surface area contributed by atoms with E-state index >= 15 is 0 Å². The highest BCUT2D eigenvalue weighted by Crippen LogP contribution is 2.19. The smallest absolute Gasteiger partial charge is 0.238 e. The van der Waals surface area contributed by atoms with Crippen LogP contribution in [-0.4, -0.2) is 13.5 Å². The van der Waals surface area contributed by atoms with E-state index < -0.39 is 10.0 Å². The van der Waals surface area contributed by atoms with E-state index in [0.717, 1.165) is 0 Å². The number of sulfonamides is 1. The van der Waals surface area contributed by atoms with Gasteiger partial charge in [0.15, 0.2) is 0 Å². The molecule has 0 amide bonds. The topological polar surface area (TPSA) is 80.4 Å². The number of hydrogen-bond donors (Lipinski definition) is 2. The molecule has 0 aliphatic heterocycles. The molecule has 0 aromatic heterocycles. The number of aliphatic hydroxyl groups is 1. The highest BCUT2D eigenvalue weighted by Gasteiger charge is 2.09. The van der Waals surface area contributed by atoms with Crippen molar-refractivity contribution in [3.05, 3.63) is 28.8 Å². The lowest BCUT2D eigenvalue weighted by molar-refractivity contribution is 0.282. The van der Waals surface area contributed by atoms with Crippen LogP contribution in [0, 0.1) is 0 Å². The van der Waals surface area contributed by atoms with Gasteiger partial charge < -0.3 is 5.11 Å². The molecule has 3 N–H and O–H groups in total. The Labute approximate surface area is 81.0 Å². The zero-order chi connectivity index (χ0) is 10.1. The highest BCUT2D eigenvalue weighted by molar-refractivity contribution is 7.89. The normalized spacial score (nSPS) is 11.6. The van der Waals surface area contributed by atoms with Crippen LogP contribution in [0.25, 0.3) is 0 Å². The first-order chi connectivity index (χ1) is 5.95. The molecular weight excluding hydrogens is 214 g/mol. The number of benzene rings is 1. The van der Waals surface area contributed by atoms with Crippen molar-refractivity contribution in [2.75, 3.05) is 0 Å². The van der Waals surface area contributed by atoms with E-state index in [1.807, 2.05) is 0 Å². The van der Waals surface area contributed by atoms with Crippen molar-refractivity contribution in [1.29, 1.82) is 0 Å². The molecule has 13 heavy (non-hydrogen) atoms. The first-order valence-corrected chi connectivity index (χ1v) is 5.29. The summed E-state index contributed by atoms with van der Waals surface area (Å²) in [4.78, 5) is -0.0605. The maximum atomic E-state index is 10.8. The quantitative estimate of drug-likeness (QED) is 0.762. The summed E-state index contributed by atoms with van der Waals surface area (Å²) in [5.74, 6) is 0. The summed E-state index contributed by atoms with van der Waals surface area (Å²) < 4.78 is 21.7. The van der Waals surface area contributed by atoms with Gasteiger partial charge in [-0.3, -0.25) is 0 Å². The van der Waals surface area contributed by atoms with Crippen LogP contribution in [-0.2, 0) is 16.6 Å². The Balaban J connectivity index is 3.26. The van der Waals surface area contributed by atoms with Gasteiger partial charge in [-0.1, -0.05) is 17.7 Å². The van der Waals surface area contributed by atoms with Gasteiger partial charge in [0.25, 0.3) is 0 Å². The molecular formula is C7H8ClNO3S. The van der Waals surface area contributed by atoms with E-state index in [1.165, 1.54) is 18.2 Å². The van der Waals surface area contributed by atoms with Crippen LogP contribution < -0.4 is 5.14 Å². The summed E-state index contributed by atoms with van der Waals surface area (Å²) in [5.41, 5.74) is 0.467. The number of hydrogen-bond acceptors (Lipinski definition) is 3. The summed E-state index contributed by atoms with van der Waals surface area (Å²) in [5, 5.41) is 13.8. The molecule has 0 atom stereocenters. The summed E-state index contributed by atoms with van der Waals surface area (Å²) in [6, 6.07) is 3.93. The fourth-order valence-corrected chi connectivity index (χ4v) is 1.68. The van der Waals surface area contributed by atoms with E-state index in [1.54, 1.807) is 0 Å². The third kappa shape index (κ3) is 2.41. The van der Waals surface area contributed by atoms with Gasteiger partial charge in [-0.25, -0.2) is 13.6 Å². The predicted octanol–water partition coefficient (Wildman–Crippen LogP) is 0.480. The Morgan fingerprint density at radius 1 is 1.46 bits per heavy atom. The number of halogens is 1. The van der Waals surface area contributed by atoms with Gasteiger partial charge >= 0.3 is 0 Å². The first kappa shape index (κ1) is 10.5. The van der Waals surface area contributed by atoms with Crippen LogP contribution in [0.3, 0.4) is 0 Å². The average Bonchev–Trinajstić information content (AvgIpc) is 2.02. The molecule has 0 aliphatic rings. The summed E-state index contributed by atoms with van der Waals surface area (Å²) in [7, 11) is -3.72. The maximum absolute atomic E-state index is 10.8. The zero-order valence-corrected chi connectivity index (χ0v) is 8.14. The zero-order valence-electron chi connectivity index (χ0n) is 6.57. The van der Waals surface area contributed by atoms with E-state index in [2.05, 4.69) is 0 Å². The summed E-state index contributed by atoms with van der Waals surface area (Å²) in [6.07, 6.45) is 0. The second-order valence-corrected chi connectivity index (χ2v) is 4.42. The number of primary sulfonamides is 1. The first-order valence-electron chi connectivity index (χ1n) is 3.37. The number of aliphatic hydroxyl groups excluding tert-OH is 1. The second kappa shape index (κ2) is 3.63. The second-order valence-electron chi connectivity index (χ2n) is 2.46. The molecule has 0 spiro atoms. The van der Waals surface area contributed by atoms with Crippen LogP contribution in [0.1, 0.15) is 5.56 Å². The van der Waals surface area contributed by atoms with Crippen LogP contribution in [0.4, 0.5) is 0 Å². The Bertz CT molecular complexity index is 416. The van der Waals surface area contributed by atoms with Crippen molar-refractivity contribution in [2.24, 2.45) is 5.14 Å². The minimum Gasteiger partial charge on any atom is -0.392 e. The molecule has 1 aromatic rings. The van der Waals surface area contributed by atoms with E-state index in [4.69, 9.17) is 21.8 Å². The predicted molar refractivity (Wildman–Crippen MR) is 48.7 cm³/mol. The standard InChI is InChI=1S/C7H8ClNO3S/c8-7-3-6(13(9,11)12)2-1-5(7)4-10/h1-3,10H,4H2,(H2,9,11,12). The Morgan fingerprint density at radius 3 is 2.46 bits per heavy atom. The molecule has 0 saturated heterocycles. The molecule has 0 bridgehead atoms. The van der Waals surface area contributed by atoms with Gasteiger partial charge in [0.1, 0.15) is 0 Å². The highest BCUT2D eigenvalue weighted by atomic mass is 35.5. The number of nitrogens with two attached hydrogens (primary N) is 1. The fraction of sp³-hybridized carbons (Fsp3) is 0.143. The molecule has 4 nitrogen and oxygen atoms in total. The van der Waals surface area contributed by atoms with Crippen molar-refractivity contribution < 1.29 is 13.5 Å². The van der Waals surface area contributed by atoms with E-state index in [0.29, 0.717) is 5.56 Å². The molecule has 0 radical (unpaired) electrons. The van der Waals surface area contributed by atoms with Gasteiger partial charge in [0, 0.05) is 5.02 Å². The molecule has 0 heterocycles. The molecule has 72 valence electrons.